The zero-order valence-corrected chi connectivity index (χ0v) is 31.9. The van der Waals surface area contributed by atoms with Crippen LogP contribution in [0.1, 0.15) is 40.9 Å². The van der Waals surface area contributed by atoms with Gasteiger partial charge in [0.25, 0.3) is 0 Å². The first-order valence-electron chi connectivity index (χ1n) is 10.9. The van der Waals surface area contributed by atoms with Crippen LogP contribution in [0.2, 0.25) is 10.0 Å². The SMILES string of the molecule is CC(=O)[O][Hg][c]1c(O)c(Cl)cc2c1Oc1c(cc(Cl)c(O)[c]1[Hg][O]C(C)=O)C21OC(=O)c2ccccc21. The molecule has 9 nitrogen and oxygen atoms in total. The molecule has 5 rings (SSSR count). The molecular weight excluding hydrogens is 904 g/mol. The van der Waals surface area contributed by atoms with Crippen molar-refractivity contribution in [3.63, 3.8) is 0 Å². The number of phenols is 2. The van der Waals surface area contributed by atoms with Gasteiger partial charge in [0.2, 0.25) is 0 Å². The van der Waals surface area contributed by atoms with E-state index in [1.165, 1.54) is 26.0 Å². The van der Waals surface area contributed by atoms with Crippen molar-refractivity contribution in [2.24, 2.45) is 0 Å². The van der Waals surface area contributed by atoms with Gasteiger partial charge in [-0.1, -0.05) is 0 Å². The molecule has 3 aromatic rings. The van der Waals surface area contributed by atoms with Gasteiger partial charge in [0.15, 0.2) is 0 Å². The summed E-state index contributed by atoms with van der Waals surface area (Å²) in [5.74, 6) is -2.03. The van der Waals surface area contributed by atoms with E-state index in [2.05, 4.69) is 0 Å². The van der Waals surface area contributed by atoms with Crippen LogP contribution in [0, 0.1) is 0 Å². The summed E-state index contributed by atoms with van der Waals surface area (Å²) in [7, 11) is 0. The zero-order valence-electron chi connectivity index (χ0n) is 19.4. The van der Waals surface area contributed by atoms with Crippen LogP contribution in [-0.4, -0.2) is 28.1 Å². The van der Waals surface area contributed by atoms with Crippen LogP contribution < -0.4 is 10.9 Å². The Bertz CT molecular complexity index is 1440. The first-order valence-corrected chi connectivity index (χ1v) is 21.7. The van der Waals surface area contributed by atoms with Crippen molar-refractivity contribution in [2.75, 3.05) is 0 Å². The number of hydrogen-bond donors (Lipinski definition) is 2. The van der Waals surface area contributed by atoms with Gasteiger partial charge < -0.3 is 0 Å². The van der Waals surface area contributed by atoms with Crippen LogP contribution in [0.4, 0.5) is 0 Å². The van der Waals surface area contributed by atoms with Gasteiger partial charge in [-0.3, -0.25) is 0 Å². The normalized spacial score (nSPS) is 13.8. The minimum atomic E-state index is -2.86. The Balaban J connectivity index is 1.89. The number of rotatable bonds is 4. The molecule has 0 aromatic heterocycles. The Morgan fingerprint density at radius 1 is 0.865 bits per heavy atom. The average Bonchev–Trinajstić information content (AvgIpc) is 3.14. The number of benzene rings is 3. The second-order valence-electron chi connectivity index (χ2n) is 8.40. The number of phenolic OH excluding ortho intramolecular Hbond substituents is 2. The first kappa shape index (κ1) is 26.5. The molecule has 0 fully saturated rings. The van der Waals surface area contributed by atoms with E-state index in [4.69, 9.17) is 38.0 Å². The Hall–Kier alpha value is -2.08. The molecule has 0 radical (unpaired) electrons. The molecule has 37 heavy (non-hydrogen) atoms. The third-order valence-electron chi connectivity index (χ3n) is 6.18. The number of fused-ring (bicyclic) bond motifs is 6. The molecule has 0 atom stereocenters. The van der Waals surface area contributed by atoms with Crippen molar-refractivity contribution in [3.05, 3.63) is 68.7 Å². The first-order chi connectivity index (χ1) is 17.6. The third-order valence-corrected chi connectivity index (χ3v) is 18.4. The fourth-order valence-corrected chi connectivity index (χ4v) is 14.2. The zero-order chi connectivity index (χ0) is 26.6. The molecule has 0 saturated heterocycles. The fourth-order valence-electron chi connectivity index (χ4n) is 4.59. The molecule has 0 amide bonds. The molecule has 2 heterocycles. The quantitative estimate of drug-likeness (QED) is 0.300. The van der Waals surface area contributed by atoms with E-state index >= 15 is 0 Å². The summed E-state index contributed by atoms with van der Waals surface area (Å²) in [6.45, 7) is 2.51. The van der Waals surface area contributed by atoms with Gasteiger partial charge in [0, 0.05) is 0 Å². The average molecular weight is 918 g/mol. The summed E-state index contributed by atoms with van der Waals surface area (Å²) >= 11 is 7.14. The summed E-state index contributed by atoms with van der Waals surface area (Å²) in [6.07, 6.45) is 0. The van der Waals surface area contributed by atoms with Crippen LogP contribution in [0.5, 0.6) is 23.0 Å². The van der Waals surface area contributed by atoms with E-state index < -0.39 is 73.6 Å². The summed E-state index contributed by atoms with van der Waals surface area (Å²) in [6, 6.07) is 9.64. The van der Waals surface area contributed by atoms with Crippen molar-refractivity contribution in [1.29, 1.82) is 0 Å². The maximum atomic E-state index is 13.1. The standard InChI is InChI=1S/C20H8Cl2O5.2C2H4O2.2Hg/c21-13-5-11-17(7-15(13)23)26-18-8-16(24)14(22)6-12(18)20(11)10-4-2-1-3-9(10)19(25)27-20;2*1-2(3)4;;/h1-6,23-24H;2*1H3,(H,3,4);;/q;;;2*+1/p-2. The number of esters is 1. The number of halogens is 2. The van der Waals surface area contributed by atoms with Crippen molar-refractivity contribution in [2.45, 2.75) is 19.4 Å². The Labute approximate surface area is 245 Å². The molecule has 1 spiro atoms. The molecule has 2 N–H and O–H groups in total. The topological polar surface area (TPSA) is 129 Å². The molecule has 0 saturated carbocycles. The molecule has 0 unspecified atom stereocenters. The van der Waals surface area contributed by atoms with E-state index in [0.717, 1.165) is 0 Å². The maximum absolute atomic E-state index is 13.1. The number of aromatic hydroxyl groups is 2. The Morgan fingerprint density at radius 2 is 1.35 bits per heavy atom. The van der Waals surface area contributed by atoms with Crippen LogP contribution in [0.15, 0.2) is 36.4 Å². The second-order valence-corrected chi connectivity index (χ2v) is 19.2. The van der Waals surface area contributed by atoms with Crippen molar-refractivity contribution in [3.8, 4) is 23.0 Å². The van der Waals surface area contributed by atoms with E-state index in [-0.39, 0.29) is 39.2 Å². The van der Waals surface area contributed by atoms with Crippen LogP contribution >= 0.6 is 23.2 Å². The van der Waals surface area contributed by atoms with Gasteiger partial charge in [0.05, 0.1) is 0 Å². The molecule has 2 aliphatic heterocycles. The molecule has 0 aliphatic carbocycles. The molecule has 13 heteroatoms. The number of carbonyl (C=O) groups is 3. The summed E-state index contributed by atoms with van der Waals surface area (Å²) < 4.78 is 23.6. The summed E-state index contributed by atoms with van der Waals surface area (Å²) in [5.41, 5.74) is -0.227. The van der Waals surface area contributed by atoms with Gasteiger partial charge in [-0.05, 0) is 0 Å². The van der Waals surface area contributed by atoms with Crippen molar-refractivity contribution < 1.29 is 89.4 Å². The van der Waals surface area contributed by atoms with Crippen LogP contribution in [0.25, 0.3) is 0 Å². The van der Waals surface area contributed by atoms with Gasteiger partial charge in [0.1, 0.15) is 0 Å². The third kappa shape index (κ3) is 4.27. The Kier molecular flexibility index (Phi) is 7.10. The molecule has 0 bridgehead atoms. The Morgan fingerprint density at radius 3 is 1.84 bits per heavy atom. The predicted molar refractivity (Wildman–Crippen MR) is 121 cm³/mol. The fraction of sp³-hybridized carbons (Fsp3) is 0.125. The van der Waals surface area contributed by atoms with Crippen LogP contribution in [-0.2, 0) is 75.3 Å². The summed E-state index contributed by atoms with van der Waals surface area (Å²) in [4.78, 5) is 36.4. The van der Waals surface area contributed by atoms with Crippen molar-refractivity contribution >= 4 is 47.3 Å². The van der Waals surface area contributed by atoms with Gasteiger partial charge in [-0.2, -0.15) is 0 Å². The monoisotopic (exact) mass is 920 g/mol. The van der Waals surface area contributed by atoms with E-state index in [0.29, 0.717) is 22.3 Å². The summed E-state index contributed by atoms with van der Waals surface area (Å²) in [5, 5.41) is 21.6. The number of carbonyl (C=O) groups excluding carboxylic acids is 3. The molecule has 3 aromatic carbocycles. The van der Waals surface area contributed by atoms with E-state index in [9.17, 15) is 24.6 Å². The van der Waals surface area contributed by atoms with Gasteiger partial charge in [-0.15, -0.1) is 0 Å². The van der Waals surface area contributed by atoms with Crippen molar-refractivity contribution in [1.82, 2.24) is 0 Å². The molecule has 2 aliphatic rings. The predicted octanol–water partition coefficient (Wildman–Crippen LogP) is 3.34. The second kappa shape index (κ2) is 9.91. The minimum absolute atomic E-state index is 0.0437. The molecular formula is C24H14Cl2Hg2O9. The van der Waals surface area contributed by atoms with Gasteiger partial charge in [-0.25, -0.2) is 0 Å². The molecule has 182 valence electrons. The van der Waals surface area contributed by atoms with Gasteiger partial charge >= 0.3 is 248 Å². The number of ether oxygens (including phenoxy) is 2. The van der Waals surface area contributed by atoms with E-state index in [1.54, 1.807) is 24.3 Å². The van der Waals surface area contributed by atoms with E-state index in [1.807, 2.05) is 0 Å². The number of hydrogen-bond acceptors (Lipinski definition) is 9. The van der Waals surface area contributed by atoms with Crippen LogP contribution in [0.3, 0.4) is 0 Å².